The van der Waals surface area contributed by atoms with E-state index in [1.165, 1.54) is 13.2 Å². The van der Waals surface area contributed by atoms with E-state index in [9.17, 15) is 12.8 Å². The minimum Gasteiger partial charge on any atom is -0.494 e. The maximum absolute atomic E-state index is 14.2. The second kappa shape index (κ2) is 8.71. The predicted molar refractivity (Wildman–Crippen MR) is 127 cm³/mol. The summed E-state index contributed by atoms with van der Waals surface area (Å²) < 4.78 is 43.8. The minimum absolute atomic E-state index is 0.0312. The van der Waals surface area contributed by atoms with Gasteiger partial charge in [-0.15, -0.1) is 0 Å². The molecule has 0 saturated carbocycles. The van der Waals surface area contributed by atoms with Gasteiger partial charge in [0, 0.05) is 42.2 Å². The molecule has 168 valence electrons. The Kier molecular flexibility index (Phi) is 6.14. The standard InChI is InChI=1S/C24H24ClFN2O3S/c1-4-32(29,30)14-15-5-6-17-18(9-15)20-13-28(2)8-7-16(20)12-27-24(17)19-10-23(31-3)22(26)11-21(19)25/h5-7,9-11,13H,4,8,12,14H2,1-3H3. The van der Waals surface area contributed by atoms with Gasteiger partial charge in [0.15, 0.2) is 21.4 Å². The summed E-state index contributed by atoms with van der Waals surface area (Å²) in [6.45, 7) is 2.84. The van der Waals surface area contributed by atoms with Crippen LogP contribution in [0.1, 0.15) is 29.2 Å². The van der Waals surface area contributed by atoms with Crippen LogP contribution < -0.4 is 4.74 Å². The number of aliphatic imine (C=N–C) groups is 1. The van der Waals surface area contributed by atoms with Crippen LogP contribution in [0.25, 0.3) is 5.57 Å². The zero-order chi connectivity index (χ0) is 23.0. The molecule has 32 heavy (non-hydrogen) atoms. The Hall–Kier alpha value is -2.64. The fourth-order valence-electron chi connectivity index (χ4n) is 3.93. The Morgan fingerprint density at radius 1 is 1.19 bits per heavy atom. The molecular weight excluding hydrogens is 451 g/mol. The highest BCUT2D eigenvalue weighted by molar-refractivity contribution is 7.90. The van der Waals surface area contributed by atoms with E-state index in [0.717, 1.165) is 28.8 Å². The van der Waals surface area contributed by atoms with Gasteiger partial charge < -0.3 is 9.64 Å². The predicted octanol–water partition coefficient (Wildman–Crippen LogP) is 4.49. The maximum atomic E-state index is 14.2. The molecule has 2 heterocycles. The first-order valence-corrected chi connectivity index (χ1v) is 12.5. The summed E-state index contributed by atoms with van der Waals surface area (Å²) in [7, 11) is 0.200. The van der Waals surface area contributed by atoms with Crippen LogP contribution in [0.4, 0.5) is 4.39 Å². The van der Waals surface area contributed by atoms with Crippen LogP contribution in [-0.4, -0.2) is 52.0 Å². The molecular formula is C24H24ClFN2O3S. The molecule has 2 aromatic carbocycles. The number of rotatable bonds is 5. The first kappa shape index (κ1) is 22.6. The van der Waals surface area contributed by atoms with E-state index in [-0.39, 0.29) is 22.3 Å². The number of hydrogen-bond acceptors (Lipinski definition) is 5. The summed E-state index contributed by atoms with van der Waals surface area (Å²) in [6, 6.07) is 8.37. The van der Waals surface area contributed by atoms with Crippen LogP contribution >= 0.6 is 11.6 Å². The number of hydrogen-bond donors (Lipinski definition) is 0. The molecule has 0 atom stereocenters. The van der Waals surface area contributed by atoms with Gasteiger partial charge in [-0.1, -0.05) is 36.7 Å². The van der Waals surface area contributed by atoms with Gasteiger partial charge in [0.05, 0.1) is 30.1 Å². The molecule has 8 heteroatoms. The lowest BCUT2D eigenvalue weighted by molar-refractivity contribution is 0.386. The van der Waals surface area contributed by atoms with E-state index in [4.69, 9.17) is 21.3 Å². The van der Waals surface area contributed by atoms with Crippen molar-refractivity contribution >= 4 is 32.7 Å². The van der Waals surface area contributed by atoms with E-state index in [1.807, 2.05) is 19.2 Å². The van der Waals surface area contributed by atoms with Crippen molar-refractivity contribution in [1.29, 1.82) is 0 Å². The molecule has 0 unspecified atom stereocenters. The molecule has 5 nitrogen and oxygen atoms in total. The largest absolute Gasteiger partial charge is 0.494 e. The maximum Gasteiger partial charge on any atom is 0.166 e. The van der Waals surface area contributed by atoms with E-state index in [2.05, 4.69) is 17.2 Å². The number of benzene rings is 2. The Labute approximate surface area is 192 Å². The minimum atomic E-state index is -3.19. The van der Waals surface area contributed by atoms with Crippen molar-refractivity contribution in [2.24, 2.45) is 4.99 Å². The van der Waals surface area contributed by atoms with Crippen molar-refractivity contribution in [3.8, 4) is 5.75 Å². The van der Waals surface area contributed by atoms with Gasteiger partial charge in [-0.3, -0.25) is 4.99 Å². The smallest absolute Gasteiger partial charge is 0.166 e. The van der Waals surface area contributed by atoms with E-state index < -0.39 is 15.7 Å². The fraction of sp³-hybridized carbons (Fsp3) is 0.292. The zero-order valence-electron chi connectivity index (χ0n) is 18.2. The quantitative estimate of drug-likeness (QED) is 0.640. The van der Waals surface area contributed by atoms with Crippen LogP contribution in [0.5, 0.6) is 5.75 Å². The second-order valence-electron chi connectivity index (χ2n) is 7.90. The molecule has 4 rings (SSSR count). The van der Waals surface area contributed by atoms with Crippen molar-refractivity contribution in [3.05, 3.63) is 81.3 Å². The highest BCUT2D eigenvalue weighted by atomic mass is 35.5. The average Bonchev–Trinajstić information content (AvgIpc) is 2.90. The molecule has 2 aromatic rings. The third-order valence-electron chi connectivity index (χ3n) is 5.68. The summed E-state index contributed by atoms with van der Waals surface area (Å²) >= 11 is 6.43. The molecule has 0 N–H and O–H groups in total. The van der Waals surface area contributed by atoms with Crippen molar-refractivity contribution < 1.29 is 17.5 Å². The molecule has 0 aliphatic carbocycles. The number of sulfone groups is 1. The molecule has 0 spiro atoms. The first-order valence-electron chi connectivity index (χ1n) is 10.3. The lowest BCUT2D eigenvalue weighted by Gasteiger charge is -2.23. The lowest BCUT2D eigenvalue weighted by atomic mass is 9.89. The van der Waals surface area contributed by atoms with Gasteiger partial charge in [-0.05, 0) is 34.9 Å². The Morgan fingerprint density at radius 2 is 1.97 bits per heavy atom. The van der Waals surface area contributed by atoms with E-state index in [1.54, 1.807) is 19.1 Å². The molecule has 2 aliphatic heterocycles. The Balaban J connectivity index is 1.93. The second-order valence-corrected chi connectivity index (χ2v) is 10.7. The van der Waals surface area contributed by atoms with Gasteiger partial charge in [-0.25, -0.2) is 12.8 Å². The van der Waals surface area contributed by atoms with Gasteiger partial charge in [0.2, 0.25) is 0 Å². The number of fused-ring (bicyclic) bond motifs is 3. The van der Waals surface area contributed by atoms with Crippen molar-refractivity contribution in [2.45, 2.75) is 12.7 Å². The number of ether oxygens (including phenoxy) is 1. The zero-order valence-corrected chi connectivity index (χ0v) is 19.7. The third kappa shape index (κ3) is 4.32. The van der Waals surface area contributed by atoms with Crippen LogP contribution in [0.15, 0.2) is 53.2 Å². The highest BCUT2D eigenvalue weighted by Crippen LogP contribution is 2.37. The average molecular weight is 475 g/mol. The number of nitrogens with zero attached hydrogens (tertiary/aromatic N) is 2. The Morgan fingerprint density at radius 3 is 2.69 bits per heavy atom. The first-order chi connectivity index (χ1) is 15.2. The third-order valence-corrected chi connectivity index (χ3v) is 7.65. The van der Waals surface area contributed by atoms with Gasteiger partial charge >= 0.3 is 0 Å². The monoisotopic (exact) mass is 474 g/mol. The number of halogens is 2. The van der Waals surface area contributed by atoms with Gasteiger partial charge in [0.25, 0.3) is 0 Å². The highest BCUT2D eigenvalue weighted by Gasteiger charge is 2.26. The molecule has 2 aliphatic rings. The summed E-state index contributed by atoms with van der Waals surface area (Å²) in [4.78, 5) is 6.91. The molecule has 0 radical (unpaired) electrons. The van der Waals surface area contributed by atoms with Crippen molar-refractivity contribution in [1.82, 2.24) is 4.90 Å². The Bertz CT molecular complexity index is 1280. The SMILES string of the molecule is CCS(=O)(=O)Cc1ccc2c(c1)C1=CN(C)CC=C1CN=C2c1cc(OC)c(F)cc1Cl. The molecule has 0 fully saturated rings. The number of likely N-dealkylation sites (N-methyl/N-ethyl adjacent to an activating group) is 1. The summed E-state index contributed by atoms with van der Waals surface area (Å²) in [5.41, 5.74) is 5.63. The fourth-order valence-corrected chi connectivity index (χ4v) is 5.06. The van der Waals surface area contributed by atoms with Crippen molar-refractivity contribution in [3.63, 3.8) is 0 Å². The van der Waals surface area contributed by atoms with Crippen LogP contribution in [0.3, 0.4) is 0 Å². The topological polar surface area (TPSA) is 59.0 Å². The summed E-state index contributed by atoms with van der Waals surface area (Å²) in [5, 5.41) is 0.232. The number of methoxy groups -OCH3 is 1. The van der Waals surface area contributed by atoms with Crippen molar-refractivity contribution in [2.75, 3.05) is 33.0 Å². The van der Waals surface area contributed by atoms with E-state index >= 15 is 0 Å². The molecule has 0 aromatic heterocycles. The summed E-state index contributed by atoms with van der Waals surface area (Å²) in [6.07, 6.45) is 4.17. The molecule has 0 saturated heterocycles. The van der Waals surface area contributed by atoms with Crippen LogP contribution in [0, 0.1) is 5.82 Å². The molecule has 0 amide bonds. The van der Waals surface area contributed by atoms with Gasteiger partial charge in [0.1, 0.15) is 0 Å². The molecule has 0 bridgehead atoms. The van der Waals surface area contributed by atoms with E-state index in [0.29, 0.717) is 23.4 Å². The lowest BCUT2D eigenvalue weighted by Crippen LogP contribution is -2.17. The normalized spacial score (nSPS) is 15.8. The van der Waals surface area contributed by atoms with Gasteiger partial charge in [-0.2, -0.15) is 0 Å². The van der Waals surface area contributed by atoms with Crippen LogP contribution in [-0.2, 0) is 15.6 Å². The summed E-state index contributed by atoms with van der Waals surface area (Å²) in [5.74, 6) is -0.412. The van der Waals surface area contributed by atoms with Crippen LogP contribution in [0.2, 0.25) is 5.02 Å².